The molecule has 1 atom stereocenters. The first-order valence-corrected chi connectivity index (χ1v) is 5.51. The van der Waals surface area contributed by atoms with E-state index in [9.17, 15) is 4.79 Å². The Kier molecular flexibility index (Phi) is 4.63. The molecule has 3 heteroatoms. The number of amides is 1. The second-order valence-corrected chi connectivity index (χ2v) is 3.97. The predicted octanol–water partition coefficient (Wildman–Crippen LogP) is 2.97. The Hall–Kier alpha value is -1.02. The van der Waals surface area contributed by atoms with E-state index in [1.165, 1.54) is 5.56 Å². The summed E-state index contributed by atoms with van der Waals surface area (Å²) in [4.78, 5) is 11.3. The van der Waals surface area contributed by atoms with E-state index >= 15 is 0 Å². The Morgan fingerprint density at radius 2 is 2.00 bits per heavy atom. The minimum atomic E-state index is 0.0804. The molecule has 1 rings (SSSR count). The molecule has 0 heterocycles. The fraction of sp³-hybridized carbons (Fsp3) is 0.417. The van der Waals surface area contributed by atoms with E-state index in [0.717, 1.165) is 11.4 Å². The molecule has 0 fully saturated rings. The summed E-state index contributed by atoms with van der Waals surface area (Å²) in [6, 6.07) is 7.70. The average Bonchev–Trinajstić information content (AvgIpc) is 2.27. The van der Waals surface area contributed by atoms with Crippen molar-refractivity contribution in [1.29, 1.82) is 0 Å². The second kappa shape index (κ2) is 5.76. The third-order valence-corrected chi connectivity index (χ3v) is 2.80. The molecule has 1 amide bonds. The van der Waals surface area contributed by atoms with Gasteiger partial charge in [0.15, 0.2) is 0 Å². The van der Waals surface area contributed by atoms with Gasteiger partial charge in [-0.15, -0.1) is 0 Å². The molecule has 0 bridgehead atoms. The summed E-state index contributed by atoms with van der Waals surface area (Å²) in [6.07, 6.45) is 1.49. The maximum Gasteiger partial charge on any atom is 0.220 e. The van der Waals surface area contributed by atoms with Crippen LogP contribution in [0.2, 0.25) is 5.02 Å². The predicted molar refractivity (Wildman–Crippen MR) is 63.2 cm³/mol. The highest BCUT2D eigenvalue weighted by atomic mass is 35.5. The van der Waals surface area contributed by atoms with Gasteiger partial charge in [0.2, 0.25) is 5.91 Å². The maximum atomic E-state index is 11.3. The number of hydrogen-bond donors (Lipinski definition) is 1. The Bertz CT molecular complexity index is 321. The van der Waals surface area contributed by atoms with Crippen molar-refractivity contribution in [3.8, 4) is 0 Å². The Morgan fingerprint density at radius 1 is 1.40 bits per heavy atom. The smallest absolute Gasteiger partial charge is 0.220 e. The minimum absolute atomic E-state index is 0.0804. The van der Waals surface area contributed by atoms with Gasteiger partial charge in [-0.25, -0.2) is 0 Å². The fourth-order valence-corrected chi connectivity index (χ4v) is 1.68. The van der Waals surface area contributed by atoms with E-state index in [0.29, 0.717) is 6.42 Å². The van der Waals surface area contributed by atoms with Crippen molar-refractivity contribution in [2.24, 2.45) is 0 Å². The van der Waals surface area contributed by atoms with Gasteiger partial charge < -0.3 is 5.32 Å². The van der Waals surface area contributed by atoms with Crippen LogP contribution in [0.15, 0.2) is 24.3 Å². The van der Waals surface area contributed by atoms with Crippen LogP contribution in [-0.4, -0.2) is 13.0 Å². The molecule has 0 aliphatic rings. The highest BCUT2D eigenvalue weighted by Crippen LogP contribution is 2.24. The summed E-state index contributed by atoms with van der Waals surface area (Å²) in [5, 5.41) is 3.38. The molecule has 82 valence electrons. The summed E-state index contributed by atoms with van der Waals surface area (Å²) < 4.78 is 0. The van der Waals surface area contributed by atoms with Crippen LogP contribution in [0.4, 0.5) is 0 Å². The fourth-order valence-electron chi connectivity index (χ4n) is 1.56. The number of nitrogens with one attached hydrogen (secondary N) is 1. The Morgan fingerprint density at radius 3 is 2.47 bits per heavy atom. The SMILES string of the molecule is CCC(CC(=O)NC)c1ccc(Cl)cc1. The first kappa shape index (κ1) is 12.1. The third-order valence-electron chi connectivity index (χ3n) is 2.54. The molecule has 0 spiro atoms. The lowest BCUT2D eigenvalue weighted by molar-refractivity contribution is -0.121. The van der Waals surface area contributed by atoms with Crippen LogP contribution in [0.1, 0.15) is 31.2 Å². The van der Waals surface area contributed by atoms with Crippen LogP contribution in [0, 0.1) is 0 Å². The van der Waals surface area contributed by atoms with Gasteiger partial charge in [-0.2, -0.15) is 0 Å². The molecule has 1 unspecified atom stereocenters. The van der Waals surface area contributed by atoms with E-state index in [4.69, 9.17) is 11.6 Å². The third kappa shape index (κ3) is 3.56. The molecule has 0 aliphatic carbocycles. The molecule has 0 aliphatic heterocycles. The molecule has 1 N–H and O–H groups in total. The number of benzene rings is 1. The number of carbonyl (C=O) groups is 1. The van der Waals surface area contributed by atoms with Crippen molar-refractivity contribution in [2.75, 3.05) is 7.05 Å². The summed E-state index contributed by atoms with van der Waals surface area (Å²) >= 11 is 5.81. The second-order valence-electron chi connectivity index (χ2n) is 3.53. The standard InChI is InChI=1S/C12H16ClNO/c1-3-9(8-12(15)14-2)10-4-6-11(13)7-5-10/h4-7,9H,3,8H2,1-2H3,(H,14,15). The zero-order valence-electron chi connectivity index (χ0n) is 9.09. The molecule has 0 saturated carbocycles. The van der Waals surface area contributed by atoms with E-state index in [1.807, 2.05) is 24.3 Å². The van der Waals surface area contributed by atoms with E-state index < -0.39 is 0 Å². The molecule has 1 aromatic carbocycles. The van der Waals surface area contributed by atoms with E-state index in [2.05, 4.69) is 12.2 Å². The van der Waals surface area contributed by atoms with Crippen molar-refractivity contribution < 1.29 is 4.79 Å². The number of hydrogen-bond acceptors (Lipinski definition) is 1. The minimum Gasteiger partial charge on any atom is -0.359 e. The van der Waals surface area contributed by atoms with Crippen LogP contribution >= 0.6 is 11.6 Å². The van der Waals surface area contributed by atoms with Crippen LogP contribution in [0.3, 0.4) is 0 Å². The Labute approximate surface area is 95.6 Å². The van der Waals surface area contributed by atoms with Crippen LogP contribution in [-0.2, 0) is 4.79 Å². The molecule has 0 saturated heterocycles. The highest BCUT2D eigenvalue weighted by Gasteiger charge is 2.12. The lowest BCUT2D eigenvalue weighted by Gasteiger charge is -2.14. The number of halogens is 1. The van der Waals surface area contributed by atoms with Gasteiger partial charge in [0.25, 0.3) is 0 Å². The van der Waals surface area contributed by atoms with Crippen molar-refractivity contribution in [3.05, 3.63) is 34.9 Å². The zero-order chi connectivity index (χ0) is 11.3. The van der Waals surface area contributed by atoms with Gasteiger partial charge in [0, 0.05) is 18.5 Å². The quantitative estimate of drug-likeness (QED) is 0.839. The average molecular weight is 226 g/mol. The van der Waals surface area contributed by atoms with Gasteiger partial charge in [0.1, 0.15) is 0 Å². The molecule has 2 nitrogen and oxygen atoms in total. The monoisotopic (exact) mass is 225 g/mol. The number of rotatable bonds is 4. The van der Waals surface area contributed by atoms with Crippen LogP contribution < -0.4 is 5.32 Å². The van der Waals surface area contributed by atoms with E-state index in [-0.39, 0.29) is 11.8 Å². The van der Waals surface area contributed by atoms with Crippen LogP contribution in [0.5, 0.6) is 0 Å². The molecular weight excluding hydrogens is 210 g/mol. The summed E-state index contributed by atoms with van der Waals surface area (Å²) in [7, 11) is 1.66. The lowest BCUT2D eigenvalue weighted by Crippen LogP contribution is -2.20. The summed E-state index contributed by atoms with van der Waals surface area (Å²) in [5.74, 6) is 0.360. The molecule has 0 aromatic heterocycles. The topological polar surface area (TPSA) is 29.1 Å². The molecule has 0 radical (unpaired) electrons. The largest absolute Gasteiger partial charge is 0.359 e. The normalized spacial score (nSPS) is 12.2. The van der Waals surface area contributed by atoms with Crippen molar-refractivity contribution >= 4 is 17.5 Å². The molecule has 15 heavy (non-hydrogen) atoms. The molecule has 1 aromatic rings. The van der Waals surface area contributed by atoms with Gasteiger partial charge in [-0.05, 0) is 30.0 Å². The van der Waals surface area contributed by atoms with E-state index in [1.54, 1.807) is 7.05 Å². The van der Waals surface area contributed by atoms with Gasteiger partial charge in [0.05, 0.1) is 0 Å². The lowest BCUT2D eigenvalue weighted by atomic mass is 9.93. The van der Waals surface area contributed by atoms with Gasteiger partial charge >= 0.3 is 0 Å². The zero-order valence-corrected chi connectivity index (χ0v) is 9.84. The van der Waals surface area contributed by atoms with Crippen molar-refractivity contribution in [2.45, 2.75) is 25.7 Å². The van der Waals surface area contributed by atoms with Crippen molar-refractivity contribution in [3.63, 3.8) is 0 Å². The summed E-state index contributed by atoms with van der Waals surface area (Å²) in [6.45, 7) is 2.09. The summed E-state index contributed by atoms with van der Waals surface area (Å²) in [5.41, 5.74) is 1.17. The van der Waals surface area contributed by atoms with Crippen LogP contribution in [0.25, 0.3) is 0 Å². The number of carbonyl (C=O) groups excluding carboxylic acids is 1. The maximum absolute atomic E-state index is 11.3. The first-order chi connectivity index (χ1) is 7.17. The van der Waals surface area contributed by atoms with Gasteiger partial charge in [-0.1, -0.05) is 30.7 Å². The molecular formula is C12H16ClNO. The first-order valence-electron chi connectivity index (χ1n) is 5.13. The van der Waals surface area contributed by atoms with Gasteiger partial charge in [-0.3, -0.25) is 4.79 Å². The highest BCUT2D eigenvalue weighted by molar-refractivity contribution is 6.30. The van der Waals surface area contributed by atoms with Crippen molar-refractivity contribution in [1.82, 2.24) is 5.32 Å². The Balaban J connectivity index is 2.74.